The second kappa shape index (κ2) is 9.04. The van der Waals surface area contributed by atoms with E-state index in [2.05, 4.69) is 38.8 Å². The first kappa shape index (κ1) is 20.8. The molecular formula is C21H23BrClN3O2. The molecule has 0 aliphatic carbocycles. The first-order chi connectivity index (χ1) is 13.5. The molecule has 28 heavy (non-hydrogen) atoms. The van der Waals surface area contributed by atoms with E-state index < -0.39 is 0 Å². The minimum atomic E-state index is 0.356. The second-order valence-corrected chi connectivity index (χ2v) is 8.17. The zero-order chi connectivity index (χ0) is 20.3. The topological polar surface area (TPSA) is 48.7 Å². The van der Waals surface area contributed by atoms with Gasteiger partial charge in [0.15, 0.2) is 11.5 Å². The molecule has 3 rings (SSSR count). The van der Waals surface area contributed by atoms with Crippen molar-refractivity contribution < 1.29 is 9.47 Å². The van der Waals surface area contributed by atoms with E-state index in [4.69, 9.17) is 21.1 Å². The van der Waals surface area contributed by atoms with Crippen LogP contribution >= 0.6 is 27.5 Å². The van der Waals surface area contributed by atoms with Gasteiger partial charge < -0.3 is 19.3 Å². The van der Waals surface area contributed by atoms with Gasteiger partial charge in [-0.25, -0.2) is 0 Å². The smallest absolute Gasteiger partial charge is 0.161 e. The Hall–Kier alpha value is -1.94. The second-order valence-electron chi connectivity index (χ2n) is 6.91. The first-order valence-corrected chi connectivity index (χ1v) is 10.2. The van der Waals surface area contributed by atoms with Crippen molar-refractivity contribution in [3.8, 4) is 17.6 Å². The highest BCUT2D eigenvalue weighted by molar-refractivity contribution is 9.10. The maximum absolute atomic E-state index is 9.19. The molecule has 0 unspecified atom stereocenters. The molecule has 0 N–H and O–H groups in total. The van der Waals surface area contributed by atoms with Gasteiger partial charge in [0.25, 0.3) is 0 Å². The number of hydrogen-bond acceptors (Lipinski definition) is 5. The van der Waals surface area contributed by atoms with Crippen LogP contribution in [0.15, 0.2) is 34.8 Å². The minimum absolute atomic E-state index is 0.356. The third-order valence-electron chi connectivity index (χ3n) is 5.11. The molecule has 0 spiro atoms. The van der Waals surface area contributed by atoms with Crippen LogP contribution in [0.3, 0.4) is 0 Å². The molecule has 5 nitrogen and oxygen atoms in total. The SMILES string of the molecule is COc1cc(Br)c(CN(c2ccc(C#N)c(Cl)c2)[C@H]2CCN(C)C2)cc1OC. The zero-order valence-electron chi connectivity index (χ0n) is 16.2. The molecule has 0 amide bonds. The molecule has 0 bridgehead atoms. The molecular weight excluding hydrogens is 442 g/mol. The molecule has 1 atom stereocenters. The van der Waals surface area contributed by atoms with Crippen molar-refractivity contribution in [1.29, 1.82) is 5.26 Å². The molecule has 7 heteroatoms. The third-order valence-corrected chi connectivity index (χ3v) is 6.16. The Morgan fingerprint density at radius 3 is 2.54 bits per heavy atom. The van der Waals surface area contributed by atoms with Crippen LogP contribution in [0, 0.1) is 11.3 Å². The van der Waals surface area contributed by atoms with Crippen LogP contribution in [-0.2, 0) is 6.54 Å². The van der Waals surface area contributed by atoms with E-state index in [1.54, 1.807) is 20.3 Å². The molecule has 1 heterocycles. The number of likely N-dealkylation sites (N-methyl/N-ethyl adjacent to an activating group) is 1. The Morgan fingerprint density at radius 2 is 1.96 bits per heavy atom. The monoisotopic (exact) mass is 463 g/mol. The summed E-state index contributed by atoms with van der Waals surface area (Å²) in [4.78, 5) is 4.68. The fraction of sp³-hybridized carbons (Fsp3) is 0.381. The molecule has 0 aromatic heterocycles. The predicted octanol–water partition coefficient (Wildman–Crippen LogP) is 4.70. The lowest BCUT2D eigenvalue weighted by Crippen LogP contribution is -2.36. The number of hydrogen-bond donors (Lipinski definition) is 0. The summed E-state index contributed by atoms with van der Waals surface area (Å²) in [5.41, 5.74) is 2.58. The van der Waals surface area contributed by atoms with Crippen molar-refractivity contribution >= 4 is 33.2 Å². The third kappa shape index (κ3) is 4.38. The van der Waals surface area contributed by atoms with Gasteiger partial charge in [-0.05, 0) is 55.9 Å². The highest BCUT2D eigenvalue weighted by Crippen LogP contribution is 2.36. The Bertz CT molecular complexity index is 900. The highest BCUT2D eigenvalue weighted by atomic mass is 79.9. The van der Waals surface area contributed by atoms with E-state index in [-0.39, 0.29) is 0 Å². The fourth-order valence-corrected chi connectivity index (χ4v) is 4.24. The number of benzene rings is 2. The molecule has 148 valence electrons. The Balaban J connectivity index is 1.99. The van der Waals surface area contributed by atoms with E-state index in [0.29, 0.717) is 34.7 Å². The van der Waals surface area contributed by atoms with Crippen molar-refractivity contribution in [2.45, 2.75) is 19.0 Å². The van der Waals surface area contributed by atoms with E-state index in [1.807, 2.05) is 24.3 Å². The predicted molar refractivity (Wildman–Crippen MR) is 115 cm³/mol. The maximum atomic E-state index is 9.19. The molecule has 0 radical (unpaired) electrons. The zero-order valence-corrected chi connectivity index (χ0v) is 18.5. The van der Waals surface area contributed by atoms with Crippen molar-refractivity contribution in [1.82, 2.24) is 4.90 Å². The van der Waals surface area contributed by atoms with Crippen molar-refractivity contribution in [2.75, 3.05) is 39.3 Å². The molecule has 2 aromatic rings. The van der Waals surface area contributed by atoms with E-state index in [1.165, 1.54) is 0 Å². The Labute approximate surface area is 179 Å². The largest absolute Gasteiger partial charge is 0.493 e. The summed E-state index contributed by atoms with van der Waals surface area (Å²) in [5.74, 6) is 1.38. The van der Waals surface area contributed by atoms with Gasteiger partial charge in [0.05, 0.1) is 24.8 Å². The minimum Gasteiger partial charge on any atom is -0.493 e. The van der Waals surface area contributed by atoms with Gasteiger partial charge in [-0.1, -0.05) is 27.5 Å². The Kier molecular flexibility index (Phi) is 6.71. The van der Waals surface area contributed by atoms with Crippen LogP contribution in [0.1, 0.15) is 17.5 Å². The number of ether oxygens (including phenoxy) is 2. The van der Waals surface area contributed by atoms with Crippen molar-refractivity contribution in [3.05, 3.63) is 51.0 Å². The quantitative estimate of drug-likeness (QED) is 0.620. The van der Waals surface area contributed by atoms with Gasteiger partial charge in [0, 0.05) is 29.3 Å². The number of halogens is 2. The summed E-state index contributed by atoms with van der Waals surface area (Å²) >= 11 is 9.99. The standard InChI is InChI=1S/C21H23BrClN3O2/c1-25-7-6-17(13-25)26(16-5-4-14(11-24)19(23)9-16)12-15-8-20(27-2)21(28-3)10-18(15)22/h4-5,8-10,17H,6-7,12-13H2,1-3H3/t17-/m0/s1. The molecule has 1 fully saturated rings. The van der Waals surface area contributed by atoms with Gasteiger partial charge >= 0.3 is 0 Å². The average Bonchev–Trinajstić information content (AvgIpc) is 3.12. The lowest BCUT2D eigenvalue weighted by atomic mass is 10.1. The lowest BCUT2D eigenvalue weighted by molar-refractivity contribution is 0.354. The van der Waals surface area contributed by atoms with Crippen LogP contribution in [0.4, 0.5) is 5.69 Å². The van der Waals surface area contributed by atoms with E-state index >= 15 is 0 Å². The number of nitrogens with zero attached hydrogens (tertiary/aromatic N) is 3. The number of likely N-dealkylation sites (tertiary alicyclic amines) is 1. The van der Waals surface area contributed by atoms with Crippen molar-refractivity contribution in [3.63, 3.8) is 0 Å². The summed E-state index contributed by atoms with van der Waals surface area (Å²) in [6, 6.07) is 12.0. The summed E-state index contributed by atoms with van der Waals surface area (Å²) in [6.07, 6.45) is 1.07. The van der Waals surface area contributed by atoms with Crippen LogP contribution in [-0.4, -0.2) is 45.3 Å². The summed E-state index contributed by atoms with van der Waals surface area (Å²) in [5, 5.41) is 9.66. The van der Waals surface area contributed by atoms with Gasteiger partial charge in [-0.3, -0.25) is 0 Å². The Morgan fingerprint density at radius 1 is 1.25 bits per heavy atom. The average molecular weight is 465 g/mol. The van der Waals surface area contributed by atoms with Gasteiger partial charge in [0.2, 0.25) is 0 Å². The molecule has 1 aliphatic rings. The normalized spacial score (nSPS) is 16.6. The van der Waals surface area contributed by atoms with Gasteiger partial charge in [-0.15, -0.1) is 0 Å². The van der Waals surface area contributed by atoms with E-state index in [9.17, 15) is 5.26 Å². The van der Waals surface area contributed by atoms with Crippen molar-refractivity contribution in [2.24, 2.45) is 0 Å². The first-order valence-electron chi connectivity index (χ1n) is 9.02. The van der Waals surface area contributed by atoms with Gasteiger partial charge in [0.1, 0.15) is 6.07 Å². The van der Waals surface area contributed by atoms with Crippen LogP contribution in [0.5, 0.6) is 11.5 Å². The van der Waals surface area contributed by atoms with Gasteiger partial charge in [-0.2, -0.15) is 5.26 Å². The maximum Gasteiger partial charge on any atom is 0.161 e. The van der Waals surface area contributed by atoms with E-state index in [0.717, 1.165) is 35.2 Å². The molecule has 1 aliphatic heterocycles. The number of methoxy groups -OCH3 is 2. The summed E-state index contributed by atoms with van der Waals surface area (Å²) in [6.45, 7) is 2.71. The lowest BCUT2D eigenvalue weighted by Gasteiger charge is -2.32. The fourth-order valence-electron chi connectivity index (χ4n) is 3.57. The van der Waals surface area contributed by atoms with Crippen LogP contribution in [0.2, 0.25) is 5.02 Å². The number of anilines is 1. The summed E-state index contributed by atoms with van der Waals surface area (Å²) < 4.78 is 11.8. The van der Waals surface area contributed by atoms with Crippen LogP contribution < -0.4 is 14.4 Å². The van der Waals surface area contributed by atoms with Crippen LogP contribution in [0.25, 0.3) is 0 Å². The summed E-state index contributed by atoms with van der Waals surface area (Å²) in [7, 11) is 5.40. The highest BCUT2D eigenvalue weighted by Gasteiger charge is 2.27. The molecule has 2 aromatic carbocycles. The number of rotatable bonds is 6. The molecule has 1 saturated heterocycles. The number of nitriles is 1. The molecule has 0 saturated carbocycles.